The zero-order valence-electron chi connectivity index (χ0n) is 21.9. The fourth-order valence-electron chi connectivity index (χ4n) is 5.31. The van der Waals surface area contributed by atoms with Gasteiger partial charge in [0.05, 0.1) is 30.3 Å². The van der Waals surface area contributed by atoms with Gasteiger partial charge in [-0.15, -0.1) is 0 Å². The molecule has 212 valence electrons. The number of aryl methyl sites for hydroxylation is 1. The summed E-state index contributed by atoms with van der Waals surface area (Å²) in [6, 6.07) is 7.63. The monoisotopic (exact) mass is 591 g/mol. The Bertz CT molecular complexity index is 1920. The van der Waals surface area contributed by atoms with Crippen molar-refractivity contribution >= 4 is 42.2 Å². The second-order valence-corrected chi connectivity index (χ2v) is 13.8. The molecule has 0 fully saturated rings. The van der Waals surface area contributed by atoms with Crippen molar-refractivity contribution in [2.45, 2.75) is 24.6 Å². The first-order valence-electron chi connectivity index (χ1n) is 12.3. The Balaban J connectivity index is 1.80. The predicted octanol–water partition coefficient (Wildman–Crippen LogP) is 4.31. The lowest BCUT2D eigenvalue weighted by atomic mass is 9.97. The fourth-order valence-corrected chi connectivity index (χ4v) is 6.52. The summed E-state index contributed by atoms with van der Waals surface area (Å²) in [7, 11) is -5.47. The minimum absolute atomic E-state index is 0.0569. The van der Waals surface area contributed by atoms with Gasteiger partial charge in [-0.25, -0.2) is 17.2 Å². The standard InChI is InChI=1S/C27H27F2N3O6S2/c1-31-14-20-18-11-16(15-39(2,34)35)6-8-23(18)32(24-9-7-17(28)12-21(24)29)22(5-4-10-38-40(3,36)37)19-13-30-26(25(19)20)27(31)33/h6-9,11-14,22,30H,4-5,10,15H2,1-3H3. The first-order chi connectivity index (χ1) is 18.7. The summed E-state index contributed by atoms with van der Waals surface area (Å²) in [4.78, 5) is 17.8. The molecule has 1 aliphatic rings. The number of hydrogen-bond donors (Lipinski definition) is 1. The zero-order chi connectivity index (χ0) is 29.0. The molecule has 4 aromatic rings. The average Bonchev–Trinajstić information content (AvgIpc) is 3.24. The molecule has 0 amide bonds. The van der Waals surface area contributed by atoms with Gasteiger partial charge in [0, 0.05) is 59.5 Å². The van der Waals surface area contributed by atoms with Crippen LogP contribution in [0.3, 0.4) is 0 Å². The van der Waals surface area contributed by atoms with Gasteiger partial charge in [-0.1, -0.05) is 6.07 Å². The van der Waals surface area contributed by atoms with Crippen LogP contribution >= 0.6 is 0 Å². The number of aromatic amines is 1. The van der Waals surface area contributed by atoms with Crippen molar-refractivity contribution in [1.29, 1.82) is 0 Å². The van der Waals surface area contributed by atoms with E-state index in [4.69, 9.17) is 4.18 Å². The highest BCUT2D eigenvalue weighted by molar-refractivity contribution is 7.89. The highest BCUT2D eigenvalue weighted by Crippen LogP contribution is 2.50. The number of H-pyrrole nitrogens is 1. The van der Waals surface area contributed by atoms with Crippen LogP contribution in [0.1, 0.15) is 30.0 Å². The van der Waals surface area contributed by atoms with Gasteiger partial charge in [0.25, 0.3) is 15.7 Å². The third kappa shape index (κ3) is 5.40. The topological polar surface area (TPSA) is 119 Å². The van der Waals surface area contributed by atoms with Gasteiger partial charge in [-0.3, -0.25) is 8.98 Å². The second kappa shape index (κ2) is 10.1. The molecule has 9 nitrogen and oxygen atoms in total. The highest BCUT2D eigenvalue weighted by atomic mass is 32.2. The van der Waals surface area contributed by atoms with Crippen molar-refractivity contribution in [3.63, 3.8) is 0 Å². The Kier molecular flexibility index (Phi) is 7.09. The lowest BCUT2D eigenvalue weighted by molar-refractivity contribution is 0.307. The van der Waals surface area contributed by atoms with Gasteiger partial charge in [-0.2, -0.15) is 8.42 Å². The summed E-state index contributed by atoms with van der Waals surface area (Å²) in [6.45, 7) is -0.119. The lowest BCUT2D eigenvalue weighted by Crippen LogP contribution is -2.25. The molecular formula is C27H27F2N3O6S2. The smallest absolute Gasteiger partial charge is 0.274 e. The number of pyridine rings is 1. The number of benzene rings is 2. The largest absolute Gasteiger partial charge is 0.356 e. The number of aromatic nitrogens is 2. The van der Waals surface area contributed by atoms with E-state index in [1.807, 2.05) is 0 Å². The predicted molar refractivity (Wildman–Crippen MR) is 149 cm³/mol. The Morgan fingerprint density at radius 2 is 1.73 bits per heavy atom. The molecule has 0 saturated heterocycles. The number of nitrogens with one attached hydrogen (secondary N) is 1. The number of halogens is 2. The number of anilines is 2. The summed E-state index contributed by atoms with van der Waals surface area (Å²) >= 11 is 0. The van der Waals surface area contributed by atoms with E-state index in [2.05, 4.69) is 4.98 Å². The van der Waals surface area contributed by atoms with Crippen LogP contribution in [-0.4, -0.2) is 45.5 Å². The van der Waals surface area contributed by atoms with Gasteiger partial charge in [0.15, 0.2) is 9.84 Å². The first kappa shape index (κ1) is 28.0. The number of nitrogens with zero attached hydrogens (tertiary/aromatic N) is 2. The van der Waals surface area contributed by atoms with Gasteiger partial charge in [-0.05, 0) is 42.7 Å². The van der Waals surface area contributed by atoms with E-state index in [9.17, 15) is 26.0 Å². The maximum Gasteiger partial charge on any atom is 0.274 e. The summed E-state index contributed by atoms with van der Waals surface area (Å²) in [5, 5.41) is 0.583. The molecule has 0 radical (unpaired) electrons. The summed E-state index contributed by atoms with van der Waals surface area (Å²) < 4.78 is 83.0. The van der Waals surface area contributed by atoms with Crippen LogP contribution in [0.25, 0.3) is 22.0 Å². The maximum atomic E-state index is 15.4. The van der Waals surface area contributed by atoms with E-state index in [0.717, 1.165) is 24.6 Å². The van der Waals surface area contributed by atoms with Crippen LogP contribution in [0.4, 0.5) is 20.2 Å². The number of hydrogen-bond acceptors (Lipinski definition) is 7. The number of sulfone groups is 1. The van der Waals surface area contributed by atoms with Gasteiger partial charge in [0.1, 0.15) is 17.2 Å². The van der Waals surface area contributed by atoms with Gasteiger partial charge < -0.3 is 14.5 Å². The molecular weight excluding hydrogens is 564 g/mol. The minimum Gasteiger partial charge on any atom is -0.356 e. The Hall–Kier alpha value is -3.55. The second-order valence-electron chi connectivity index (χ2n) is 10.0. The van der Waals surface area contributed by atoms with Gasteiger partial charge in [0.2, 0.25) is 0 Å². The van der Waals surface area contributed by atoms with Crippen LogP contribution in [-0.2, 0) is 36.9 Å². The first-order valence-corrected chi connectivity index (χ1v) is 16.2. The Morgan fingerprint density at radius 1 is 1.00 bits per heavy atom. The van der Waals surface area contributed by atoms with E-state index in [1.54, 1.807) is 42.5 Å². The molecule has 3 heterocycles. The molecule has 0 aliphatic carbocycles. The van der Waals surface area contributed by atoms with Crippen LogP contribution in [0.5, 0.6) is 0 Å². The molecule has 0 saturated carbocycles. The van der Waals surface area contributed by atoms with E-state index >= 15 is 4.39 Å². The number of fused-ring (bicyclic) bond motifs is 2. The molecule has 1 N–H and O–H groups in total. The Labute approximate surface area is 230 Å². The average molecular weight is 592 g/mol. The summed E-state index contributed by atoms with van der Waals surface area (Å²) in [5.74, 6) is -1.81. The Morgan fingerprint density at radius 3 is 2.40 bits per heavy atom. The van der Waals surface area contributed by atoms with Crippen molar-refractivity contribution in [2.75, 3.05) is 24.0 Å². The van der Waals surface area contributed by atoms with E-state index in [-0.39, 0.29) is 36.4 Å². The molecule has 5 rings (SSSR count). The van der Waals surface area contributed by atoms with Crippen molar-refractivity contribution in [2.24, 2.45) is 7.05 Å². The zero-order valence-corrected chi connectivity index (χ0v) is 23.6. The maximum absolute atomic E-state index is 15.4. The molecule has 1 atom stereocenters. The molecule has 1 aliphatic heterocycles. The highest BCUT2D eigenvalue weighted by Gasteiger charge is 2.34. The van der Waals surface area contributed by atoms with E-state index in [1.165, 1.54) is 10.6 Å². The van der Waals surface area contributed by atoms with Crippen molar-refractivity contribution in [1.82, 2.24) is 9.55 Å². The van der Waals surface area contributed by atoms with Crippen LogP contribution in [0, 0.1) is 11.6 Å². The molecule has 2 aromatic heterocycles. The minimum atomic E-state index is -3.68. The quantitative estimate of drug-likeness (QED) is 0.240. The van der Waals surface area contributed by atoms with Crippen LogP contribution < -0.4 is 10.5 Å². The molecule has 40 heavy (non-hydrogen) atoms. The van der Waals surface area contributed by atoms with Crippen molar-refractivity contribution in [3.8, 4) is 11.1 Å². The molecule has 2 aromatic carbocycles. The third-order valence-corrected chi connectivity index (χ3v) is 8.29. The number of rotatable bonds is 8. The van der Waals surface area contributed by atoms with Crippen molar-refractivity contribution < 1.29 is 29.8 Å². The molecule has 0 bridgehead atoms. The summed E-state index contributed by atoms with van der Waals surface area (Å²) in [5.41, 5.74) is 2.91. The molecule has 0 spiro atoms. The summed E-state index contributed by atoms with van der Waals surface area (Å²) in [6.07, 6.45) is 5.92. The van der Waals surface area contributed by atoms with Crippen LogP contribution in [0.2, 0.25) is 0 Å². The van der Waals surface area contributed by atoms with Crippen molar-refractivity contribution in [3.05, 3.63) is 81.9 Å². The third-order valence-electron chi connectivity index (χ3n) is 6.84. The van der Waals surface area contributed by atoms with E-state index in [0.29, 0.717) is 38.8 Å². The molecule has 13 heteroatoms. The molecule has 1 unspecified atom stereocenters. The SMILES string of the molecule is Cn1cc2c3c(c[nH]c3c1=O)C(CCCOS(C)(=O)=O)N(c1ccc(F)cc1F)c1ccc(CS(C)(=O)=O)cc1-2. The van der Waals surface area contributed by atoms with Crippen LogP contribution in [0.15, 0.2) is 53.6 Å². The normalized spacial score (nSPS) is 15.3. The van der Waals surface area contributed by atoms with Gasteiger partial charge >= 0.3 is 0 Å². The lowest BCUT2D eigenvalue weighted by Gasteiger charge is -2.34. The van der Waals surface area contributed by atoms with E-state index < -0.39 is 37.6 Å². The fraction of sp³-hybridized carbons (Fsp3) is 0.296.